The van der Waals surface area contributed by atoms with Crippen molar-refractivity contribution in [2.75, 3.05) is 0 Å². The second kappa shape index (κ2) is 4.98. The summed E-state index contributed by atoms with van der Waals surface area (Å²) in [6, 6.07) is 0. The van der Waals surface area contributed by atoms with Gasteiger partial charge in [0.25, 0.3) is 5.56 Å². The first kappa shape index (κ1) is 14.8. The lowest BCUT2D eigenvalue weighted by atomic mass is 9.90. The molecule has 0 atom stereocenters. The van der Waals surface area contributed by atoms with E-state index in [4.69, 9.17) is 0 Å². The van der Waals surface area contributed by atoms with Gasteiger partial charge in [-0.25, -0.2) is 14.3 Å². The first-order valence-electron chi connectivity index (χ1n) is 6.99. The van der Waals surface area contributed by atoms with Crippen LogP contribution in [0.25, 0.3) is 17.2 Å². The van der Waals surface area contributed by atoms with Crippen molar-refractivity contribution >= 4 is 28.8 Å². The smallest absolute Gasteiger partial charge is 0.289 e. The number of pyridine rings is 1. The van der Waals surface area contributed by atoms with E-state index in [1.165, 1.54) is 17.7 Å². The number of hydrogen-bond donors (Lipinski definition) is 0. The Morgan fingerprint density at radius 3 is 2.30 bits per heavy atom. The van der Waals surface area contributed by atoms with Gasteiger partial charge >= 0.3 is 5.69 Å². The summed E-state index contributed by atoms with van der Waals surface area (Å²) in [6.45, 7) is 5.23. The molecule has 0 amide bonds. The van der Waals surface area contributed by atoms with Crippen molar-refractivity contribution in [3.8, 4) is 0 Å². The zero-order valence-electron chi connectivity index (χ0n) is 12.6. The first-order chi connectivity index (χ1) is 10.9. The van der Waals surface area contributed by atoms with Crippen LogP contribution in [0.2, 0.25) is 0 Å². The molecule has 116 valence electrons. The largest absolute Gasteiger partial charge is 0.336 e. The maximum atomic E-state index is 12.6. The molecular weight excluding hydrogens is 298 g/mol. The van der Waals surface area contributed by atoms with E-state index in [1.807, 2.05) is 0 Å². The molecule has 7 heteroatoms. The Hall–Kier alpha value is -3.09. The summed E-state index contributed by atoms with van der Waals surface area (Å²) in [6.07, 6.45) is 3.77. The number of allylic oxidation sites excluding steroid dienone is 2. The fraction of sp³-hybridized carbons (Fsp3) is 0.188. The Kier molecular flexibility index (Phi) is 3.21. The summed E-state index contributed by atoms with van der Waals surface area (Å²) in [5.74, 6) is -0.822. The summed E-state index contributed by atoms with van der Waals surface area (Å²) in [7, 11) is 1.45. The average Bonchev–Trinajstić information content (AvgIpc) is 2.55. The number of carbonyl (C=O) groups is 2. The van der Waals surface area contributed by atoms with Crippen molar-refractivity contribution in [3.63, 3.8) is 0 Å². The second-order valence-electron chi connectivity index (χ2n) is 5.12. The summed E-state index contributed by atoms with van der Waals surface area (Å²) < 4.78 is 1.97. The van der Waals surface area contributed by atoms with Gasteiger partial charge in [-0.2, -0.15) is 0 Å². The Morgan fingerprint density at radius 2 is 1.74 bits per heavy atom. The lowest BCUT2D eigenvalue weighted by Gasteiger charge is -2.17. The van der Waals surface area contributed by atoms with Gasteiger partial charge in [0.1, 0.15) is 5.65 Å². The minimum absolute atomic E-state index is 0.00977. The van der Waals surface area contributed by atoms with Gasteiger partial charge in [0.15, 0.2) is 11.6 Å². The van der Waals surface area contributed by atoms with Crippen LogP contribution in [-0.2, 0) is 13.5 Å². The van der Waals surface area contributed by atoms with Gasteiger partial charge in [-0.1, -0.05) is 13.5 Å². The third-order valence-corrected chi connectivity index (χ3v) is 3.89. The van der Waals surface area contributed by atoms with Crippen molar-refractivity contribution in [2.24, 2.45) is 7.05 Å². The van der Waals surface area contributed by atoms with E-state index < -0.39 is 17.0 Å². The van der Waals surface area contributed by atoms with Crippen molar-refractivity contribution in [1.82, 2.24) is 14.1 Å². The molecule has 0 saturated carbocycles. The molecule has 1 aliphatic carbocycles. The lowest BCUT2D eigenvalue weighted by molar-refractivity contribution is 0.0994. The molecule has 7 nitrogen and oxygen atoms in total. The van der Waals surface area contributed by atoms with Crippen LogP contribution in [0, 0.1) is 0 Å². The normalized spacial score (nSPS) is 13.5. The van der Waals surface area contributed by atoms with E-state index in [1.54, 1.807) is 6.92 Å². The number of fused-ring (bicyclic) bond motifs is 3. The molecule has 23 heavy (non-hydrogen) atoms. The van der Waals surface area contributed by atoms with Crippen molar-refractivity contribution < 1.29 is 9.59 Å². The number of ketones is 2. The Labute approximate surface area is 130 Å². The highest BCUT2D eigenvalue weighted by Gasteiger charge is 2.29. The molecule has 0 radical (unpaired) electrons. The second-order valence-corrected chi connectivity index (χ2v) is 5.12. The molecule has 0 saturated heterocycles. The summed E-state index contributed by atoms with van der Waals surface area (Å²) in [5, 5.41) is -0.0399. The minimum atomic E-state index is -0.707. The van der Waals surface area contributed by atoms with Crippen LogP contribution < -0.4 is 11.2 Å². The number of nitrogens with zero attached hydrogens (tertiary/aromatic N) is 3. The Morgan fingerprint density at radius 1 is 1.13 bits per heavy atom. The lowest BCUT2D eigenvalue weighted by Crippen LogP contribution is -2.38. The molecule has 1 aliphatic rings. The van der Waals surface area contributed by atoms with E-state index in [9.17, 15) is 19.2 Å². The predicted octanol–water partition coefficient (Wildman–Crippen LogP) is 0.693. The average molecular weight is 311 g/mol. The first-order valence-corrected chi connectivity index (χ1v) is 6.99. The summed E-state index contributed by atoms with van der Waals surface area (Å²) in [4.78, 5) is 53.6. The topological polar surface area (TPSA) is 91.0 Å². The van der Waals surface area contributed by atoms with E-state index in [2.05, 4.69) is 11.6 Å². The highest BCUT2D eigenvalue weighted by Crippen LogP contribution is 2.25. The van der Waals surface area contributed by atoms with Gasteiger partial charge in [-0.05, 0) is 18.6 Å². The standard InChI is InChI=1S/C16H13N3O4/c1-4-8-11-9(20)6-7-10(21)12(11)13-14(17-8)18(3)16(23)19(5-2)15(13)22/h5-7H,2,4H2,1,3H3. The maximum Gasteiger partial charge on any atom is 0.336 e. The molecule has 2 heterocycles. The molecule has 0 unspecified atom stereocenters. The molecule has 0 N–H and O–H groups in total. The van der Waals surface area contributed by atoms with Crippen molar-refractivity contribution in [2.45, 2.75) is 13.3 Å². The van der Waals surface area contributed by atoms with Crippen LogP contribution in [0.3, 0.4) is 0 Å². The van der Waals surface area contributed by atoms with Gasteiger partial charge < -0.3 is 0 Å². The molecule has 0 fully saturated rings. The number of carbonyl (C=O) groups excluding carboxylic acids is 2. The van der Waals surface area contributed by atoms with E-state index in [0.717, 1.165) is 16.8 Å². The highest BCUT2D eigenvalue weighted by molar-refractivity contribution is 6.26. The summed E-state index contributed by atoms with van der Waals surface area (Å²) >= 11 is 0. The maximum absolute atomic E-state index is 12.6. The molecule has 2 aromatic heterocycles. The molecule has 0 bridgehead atoms. The molecular formula is C16H13N3O4. The number of aryl methyl sites for hydroxylation is 2. The number of aromatic nitrogens is 3. The Bertz CT molecular complexity index is 1050. The van der Waals surface area contributed by atoms with Crippen molar-refractivity contribution in [1.29, 1.82) is 0 Å². The monoisotopic (exact) mass is 311 g/mol. The fourth-order valence-electron chi connectivity index (χ4n) is 2.77. The minimum Gasteiger partial charge on any atom is -0.289 e. The van der Waals surface area contributed by atoms with Gasteiger partial charge in [0.05, 0.1) is 22.2 Å². The molecule has 2 aromatic rings. The van der Waals surface area contributed by atoms with E-state index in [-0.39, 0.29) is 27.9 Å². The van der Waals surface area contributed by atoms with Crippen LogP contribution >= 0.6 is 0 Å². The van der Waals surface area contributed by atoms with Gasteiger partial charge in [0, 0.05) is 13.2 Å². The highest BCUT2D eigenvalue weighted by atomic mass is 16.2. The molecule has 0 aliphatic heterocycles. The molecule has 0 spiro atoms. The fourth-order valence-corrected chi connectivity index (χ4v) is 2.77. The van der Waals surface area contributed by atoms with E-state index in [0.29, 0.717) is 12.1 Å². The van der Waals surface area contributed by atoms with Crippen LogP contribution in [0.1, 0.15) is 33.3 Å². The quantitative estimate of drug-likeness (QED) is 0.814. The third-order valence-electron chi connectivity index (χ3n) is 3.89. The molecule has 3 rings (SSSR count). The van der Waals surface area contributed by atoms with Crippen LogP contribution in [0.4, 0.5) is 0 Å². The molecule has 0 aromatic carbocycles. The van der Waals surface area contributed by atoms with Gasteiger partial charge in [-0.15, -0.1) is 0 Å². The van der Waals surface area contributed by atoms with Crippen LogP contribution in [0.5, 0.6) is 0 Å². The van der Waals surface area contributed by atoms with Crippen molar-refractivity contribution in [3.05, 3.63) is 56.4 Å². The van der Waals surface area contributed by atoms with Crippen LogP contribution in [-0.4, -0.2) is 25.7 Å². The third kappa shape index (κ3) is 1.86. The zero-order valence-corrected chi connectivity index (χ0v) is 12.6. The van der Waals surface area contributed by atoms with Crippen LogP contribution in [0.15, 0.2) is 28.3 Å². The number of hydrogen-bond acceptors (Lipinski definition) is 5. The Balaban J connectivity index is 2.71. The SMILES string of the molecule is C=Cn1c(=O)c2c3c(c(CC)nc2n(C)c1=O)C(=O)C=CC3=O. The zero-order chi connectivity index (χ0) is 16.9. The predicted molar refractivity (Wildman–Crippen MR) is 84.8 cm³/mol. The van der Waals surface area contributed by atoms with Gasteiger partial charge in [0.2, 0.25) is 0 Å². The van der Waals surface area contributed by atoms with E-state index >= 15 is 0 Å². The summed E-state index contributed by atoms with van der Waals surface area (Å²) in [5.41, 5.74) is -0.696. The van der Waals surface area contributed by atoms with Gasteiger partial charge in [-0.3, -0.25) is 19.0 Å². The number of rotatable bonds is 2.